The molecule has 0 aromatic rings. The topological polar surface area (TPSA) is 76.1 Å². The zero-order chi connectivity index (χ0) is 19.5. The highest BCUT2D eigenvalue weighted by molar-refractivity contribution is 4.94. The van der Waals surface area contributed by atoms with Crippen molar-refractivity contribution in [2.45, 2.75) is 121 Å². The lowest BCUT2D eigenvalue weighted by Crippen LogP contribution is -2.59. The molecule has 1 fully saturated rings. The number of hydrogen-bond acceptors (Lipinski definition) is 4. The molecule has 0 heterocycles. The van der Waals surface area contributed by atoms with E-state index in [1.54, 1.807) is 0 Å². The summed E-state index contributed by atoms with van der Waals surface area (Å²) in [7, 11) is 0. The van der Waals surface area contributed by atoms with Gasteiger partial charge in [0.1, 0.15) is 0 Å². The zero-order valence-corrected chi connectivity index (χ0v) is 18.3. The maximum absolute atomic E-state index is 6.30. The Morgan fingerprint density at radius 2 is 1.04 bits per heavy atom. The fourth-order valence-electron chi connectivity index (χ4n) is 3.92. The van der Waals surface area contributed by atoms with E-state index in [-0.39, 0.29) is 16.6 Å². The van der Waals surface area contributed by atoms with Gasteiger partial charge in [-0.3, -0.25) is 0 Å². The van der Waals surface area contributed by atoms with Gasteiger partial charge < -0.3 is 22.1 Å². The van der Waals surface area contributed by atoms with E-state index in [1.165, 1.54) is 77.0 Å². The van der Waals surface area contributed by atoms with E-state index in [1.807, 2.05) is 0 Å². The molecular weight excluding hydrogens is 320 g/mol. The minimum Gasteiger partial charge on any atom is -0.324 e. The molecule has 1 aliphatic rings. The molecule has 0 atom stereocenters. The normalized spacial score (nSPS) is 21.5. The molecule has 1 aliphatic carbocycles. The van der Waals surface area contributed by atoms with Crippen LogP contribution in [0.2, 0.25) is 0 Å². The lowest BCUT2D eigenvalue weighted by Gasteiger charge is -2.39. The van der Waals surface area contributed by atoms with E-state index in [0.29, 0.717) is 0 Å². The first-order valence-corrected chi connectivity index (χ1v) is 11.2. The minimum absolute atomic E-state index is 0.149. The van der Waals surface area contributed by atoms with Gasteiger partial charge in [0.05, 0.1) is 0 Å². The second-order valence-electron chi connectivity index (χ2n) is 10.3. The lowest BCUT2D eigenvalue weighted by molar-refractivity contribution is 0.230. The van der Waals surface area contributed by atoms with Crippen LogP contribution in [0.1, 0.15) is 105 Å². The predicted octanol–water partition coefficient (Wildman–Crippen LogP) is 4.07. The monoisotopic (exact) mass is 368 g/mol. The molecule has 0 amide bonds. The first kappa shape index (κ1) is 23.9. The molecule has 6 N–H and O–H groups in total. The minimum atomic E-state index is -0.179. The number of nitrogens with one attached hydrogen (secondary N) is 2. The summed E-state index contributed by atoms with van der Waals surface area (Å²) in [6.45, 7) is 11.1. The second kappa shape index (κ2) is 11.6. The van der Waals surface area contributed by atoms with Gasteiger partial charge in [-0.2, -0.15) is 0 Å². The van der Waals surface area contributed by atoms with Gasteiger partial charge in [0.15, 0.2) is 0 Å². The summed E-state index contributed by atoms with van der Waals surface area (Å²) >= 11 is 0. The van der Waals surface area contributed by atoms with E-state index in [9.17, 15) is 0 Å². The molecule has 0 radical (unpaired) electrons. The van der Waals surface area contributed by atoms with Gasteiger partial charge in [-0.15, -0.1) is 0 Å². The predicted molar refractivity (Wildman–Crippen MR) is 116 cm³/mol. The summed E-state index contributed by atoms with van der Waals surface area (Å²) in [6.07, 6.45) is 16.3. The van der Waals surface area contributed by atoms with Crippen molar-refractivity contribution in [2.75, 3.05) is 19.6 Å². The summed E-state index contributed by atoms with van der Waals surface area (Å²) in [5.41, 5.74) is 12.3. The van der Waals surface area contributed by atoms with Crippen LogP contribution in [0.25, 0.3) is 0 Å². The lowest BCUT2D eigenvalue weighted by atomic mass is 9.85. The maximum atomic E-state index is 6.30. The highest BCUT2D eigenvalue weighted by Gasteiger charge is 2.30. The molecule has 0 aliphatic heterocycles. The highest BCUT2D eigenvalue weighted by atomic mass is 15.1. The van der Waals surface area contributed by atoms with Crippen molar-refractivity contribution < 1.29 is 0 Å². The molecule has 4 nitrogen and oxygen atoms in total. The van der Waals surface area contributed by atoms with E-state index in [4.69, 9.17) is 11.5 Å². The molecule has 156 valence electrons. The quantitative estimate of drug-likeness (QED) is 0.546. The summed E-state index contributed by atoms with van der Waals surface area (Å²) in [6, 6.07) is 0. The first-order chi connectivity index (χ1) is 12.1. The summed E-state index contributed by atoms with van der Waals surface area (Å²) in [4.78, 5) is 0. The average Bonchev–Trinajstić information content (AvgIpc) is 2.53. The fourth-order valence-corrected chi connectivity index (χ4v) is 3.92. The van der Waals surface area contributed by atoms with Crippen molar-refractivity contribution >= 4 is 0 Å². The van der Waals surface area contributed by atoms with Crippen molar-refractivity contribution in [3.8, 4) is 0 Å². The zero-order valence-electron chi connectivity index (χ0n) is 18.3. The molecule has 0 unspecified atom stereocenters. The molecule has 0 bridgehead atoms. The smallest absolute Gasteiger partial charge is 0.0307 e. The third-order valence-electron chi connectivity index (χ3n) is 5.52. The fraction of sp³-hybridized carbons (Fsp3) is 1.00. The van der Waals surface area contributed by atoms with Gasteiger partial charge in [0, 0.05) is 36.3 Å². The maximum Gasteiger partial charge on any atom is 0.0307 e. The third-order valence-corrected chi connectivity index (χ3v) is 5.52. The Kier molecular flexibility index (Phi) is 10.7. The van der Waals surface area contributed by atoms with Gasteiger partial charge in [-0.1, -0.05) is 64.2 Å². The molecule has 0 aromatic carbocycles. The number of rotatable bonds is 7. The van der Waals surface area contributed by atoms with E-state index < -0.39 is 0 Å². The summed E-state index contributed by atoms with van der Waals surface area (Å²) in [5.74, 6) is 0. The van der Waals surface area contributed by atoms with Crippen LogP contribution >= 0.6 is 0 Å². The van der Waals surface area contributed by atoms with Crippen LogP contribution in [0.4, 0.5) is 0 Å². The Hall–Kier alpha value is -0.160. The second-order valence-corrected chi connectivity index (χ2v) is 10.3. The number of hydrogen-bond donors (Lipinski definition) is 4. The van der Waals surface area contributed by atoms with Crippen molar-refractivity contribution in [1.82, 2.24) is 10.6 Å². The van der Waals surface area contributed by atoms with Gasteiger partial charge in [0.25, 0.3) is 0 Å². The van der Waals surface area contributed by atoms with Crippen molar-refractivity contribution in [3.05, 3.63) is 0 Å². The van der Waals surface area contributed by atoms with Crippen LogP contribution in [0, 0.1) is 0 Å². The number of nitrogens with two attached hydrogens (primary N) is 2. The Morgan fingerprint density at radius 3 is 1.42 bits per heavy atom. The molecule has 26 heavy (non-hydrogen) atoms. The van der Waals surface area contributed by atoms with Crippen LogP contribution in [0.5, 0.6) is 0 Å². The van der Waals surface area contributed by atoms with Gasteiger partial charge in [-0.25, -0.2) is 0 Å². The Morgan fingerprint density at radius 1 is 0.654 bits per heavy atom. The Balaban J connectivity index is 2.74. The van der Waals surface area contributed by atoms with Crippen LogP contribution in [0.3, 0.4) is 0 Å². The van der Waals surface area contributed by atoms with Crippen LogP contribution < -0.4 is 22.1 Å². The summed E-state index contributed by atoms with van der Waals surface area (Å²) in [5, 5.41) is 7.57. The van der Waals surface area contributed by atoms with Crippen molar-refractivity contribution in [1.29, 1.82) is 0 Å². The Labute approximate surface area is 163 Å². The summed E-state index contributed by atoms with van der Waals surface area (Å²) < 4.78 is 0. The third kappa shape index (κ3) is 12.3. The Bertz CT molecular complexity index is 340. The van der Waals surface area contributed by atoms with Crippen molar-refractivity contribution in [3.63, 3.8) is 0 Å². The van der Waals surface area contributed by atoms with E-state index in [2.05, 4.69) is 38.3 Å². The van der Waals surface area contributed by atoms with Crippen LogP contribution in [-0.4, -0.2) is 36.3 Å². The largest absolute Gasteiger partial charge is 0.324 e. The van der Waals surface area contributed by atoms with Gasteiger partial charge in [-0.05, 0) is 40.5 Å². The molecule has 0 spiro atoms. The molecule has 0 saturated heterocycles. The van der Waals surface area contributed by atoms with Crippen LogP contribution in [-0.2, 0) is 0 Å². The average molecular weight is 369 g/mol. The molecule has 4 heteroatoms. The SMILES string of the molecule is CC(C)(N)CNCC1(NCC(C)(C)N)CCCCCCCCCCCC1. The highest BCUT2D eigenvalue weighted by Crippen LogP contribution is 2.25. The van der Waals surface area contributed by atoms with Gasteiger partial charge >= 0.3 is 0 Å². The van der Waals surface area contributed by atoms with Crippen LogP contribution in [0.15, 0.2) is 0 Å². The van der Waals surface area contributed by atoms with E-state index in [0.717, 1.165) is 19.6 Å². The molecule has 1 rings (SSSR count). The molecule has 1 saturated carbocycles. The standard InChI is InChI=1S/C22H48N4/c1-20(2,23)17-25-19-22(26-18-21(3,4)24)15-13-11-9-7-5-6-8-10-12-14-16-22/h25-26H,5-19,23-24H2,1-4H3. The van der Waals surface area contributed by atoms with Gasteiger partial charge in [0.2, 0.25) is 0 Å². The van der Waals surface area contributed by atoms with Crippen molar-refractivity contribution in [2.24, 2.45) is 11.5 Å². The molecular formula is C22H48N4. The molecule has 0 aromatic heterocycles. The first-order valence-electron chi connectivity index (χ1n) is 11.2. The van der Waals surface area contributed by atoms with E-state index >= 15 is 0 Å².